The Morgan fingerprint density at radius 3 is 2.70 bits per heavy atom. The lowest BCUT2D eigenvalue weighted by atomic mass is 10.00. The van der Waals surface area contributed by atoms with Crippen molar-refractivity contribution < 1.29 is 9.53 Å². The molecule has 1 aromatic carbocycles. The number of hydrogen-bond acceptors (Lipinski definition) is 5. The van der Waals surface area contributed by atoms with Crippen LogP contribution in [0, 0.1) is 0 Å². The highest BCUT2D eigenvalue weighted by Crippen LogP contribution is 2.26. The van der Waals surface area contributed by atoms with Crippen LogP contribution in [0.1, 0.15) is 41.1 Å². The molecule has 0 spiro atoms. The smallest absolute Gasteiger partial charge is 0.248 e. The van der Waals surface area contributed by atoms with Crippen molar-refractivity contribution in [3.8, 4) is 11.1 Å². The Kier molecular flexibility index (Phi) is 5.93. The van der Waals surface area contributed by atoms with E-state index in [2.05, 4.69) is 22.1 Å². The van der Waals surface area contributed by atoms with Gasteiger partial charge >= 0.3 is 0 Å². The van der Waals surface area contributed by atoms with Gasteiger partial charge in [-0.1, -0.05) is 12.1 Å². The zero-order chi connectivity index (χ0) is 19.2. The number of methoxy groups -OCH3 is 1. The second-order valence-corrected chi connectivity index (χ2v) is 6.36. The number of aryl methyl sites for hydroxylation is 1. The summed E-state index contributed by atoms with van der Waals surface area (Å²) in [4.78, 5) is 15.8. The van der Waals surface area contributed by atoms with E-state index in [4.69, 9.17) is 10.5 Å². The number of carbonyl (C=O) groups is 1. The van der Waals surface area contributed by atoms with Crippen LogP contribution in [0.3, 0.4) is 0 Å². The van der Waals surface area contributed by atoms with Crippen molar-refractivity contribution >= 4 is 5.91 Å². The van der Waals surface area contributed by atoms with Crippen LogP contribution < -0.4 is 5.73 Å². The summed E-state index contributed by atoms with van der Waals surface area (Å²) in [5.41, 5.74) is 8.73. The first kappa shape index (κ1) is 18.7. The van der Waals surface area contributed by atoms with Gasteiger partial charge in [-0.3, -0.25) is 9.78 Å². The average Bonchev–Trinajstić information content (AvgIpc) is 3.16. The highest BCUT2D eigenvalue weighted by atomic mass is 16.5. The molecule has 27 heavy (non-hydrogen) atoms. The molecule has 2 N–H and O–H groups in total. The van der Waals surface area contributed by atoms with Gasteiger partial charge in [-0.25, -0.2) is 0 Å². The third-order valence-corrected chi connectivity index (χ3v) is 4.51. The number of hydrogen-bond donors (Lipinski definition) is 1. The molecule has 7 nitrogen and oxygen atoms in total. The van der Waals surface area contributed by atoms with Crippen LogP contribution in [0.15, 0.2) is 48.9 Å². The van der Waals surface area contributed by atoms with E-state index in [-0.39, 0.29) is 5.92 Å². The van der Waals surface area contributed by atoms with E-state index in [0.717, 1.165) is 35.6 Å². The summed E-state index contributed by atoms with van der Waals surface area (Å²) < 4.78 is 7.16. The largest absolute Gasteiger partial charge is 0.385 e. The molecule has 1 unspecified atom stereocenters. The fourth-order valence-electron chi connectivity index (χ4n) is 2.97. The Bertz CT molecular complexity index is 905. The lowest BCUT2D eigenvalue weighted by Gasteiger charge is -2.14. The second kappa shape index (κ2) is 8.55. The van der Waals surface area contributed by atoms with E-state index in [9.17, 15) is 4.79 Å². The molecule has 0 aliphatic rings. The normalized spacial score (nSPS) is 12.1. The summed E-state index contributed by atoms with van der Waals surface area (Å²) in [6.45, 7) is 3.56. The number of ether oxygens (including phenoxy) is 1. The van der Waals surface area contributed by atoms with E-state index < -0.39 is 5.91 Å². The molecule has 0 bridgehead atoms. The Hall–Kier alpha value is -3.06. The molecule has 0 radical (unpaired) electrons. The van der Waals surface area contributed by atoms with Crippen molar-refractivity contribution in [3.05, 3.63) is 66.0 Å². The number of primary amides is 1. The zero-order valence-corrected chi connectivity index (χ0v) is 15.5. The second-order valence-electron chi connectivity index (χ2n) is 6.36. The molecule has 0 fully saturated rings. The van der Waals surface area contributed by atoms with Gasteiger partial charge in [-0.15, -0.1) is 10.2 Å². The van der Waals surface area contributed by atoms with Crippen molar-refractivity contribution in [1.29, 1.82) is 0 Å². The first-order valence-electron chi connectivity index (χ1n) is 8.83. The maximum Gasteiger partial charge on any atom is 0.248 e. The predicted molar refractivity (Wildman–Crippen MR) is 102 cm³/mol. The molecule has 0 saturated carbocycles. The van der Waals surface area contributed by atoms with E-state index >= 15 is 0 Å². The first-order chi connectivity index (χ1) is 13.1. The van der Waals surface area contributed by atoms with Gasteiger partial charge in [0.05, 0.1) is 11.6 Å². The van der Waals surface area contributed by atoms with Gasteiger partial charge in [0, 0.05) is 32.0 Å². The molecule has 1 atom stereocenters. The van der Waals surface area contributed by atoms with E-state index in [0.29, 0.717) is 12.2 Å². The number of nitrogens with two attached hydrogens (primary N) is 1. The molecule has 0 aliphatic carbocycles. The molecular formula is C20H23N5O2. The SMILES string of the molecule is COCCCn1cnnc1C(C)c1cc(-c2ccc(C(N)=O)cc2)ccn1. The monoisotopic (exact) mass is 365 g/mol. The standard InChI is InChI=1S/C20H23N5O2/c1-14(20-24-23-13-25(20)10-3-11-27-2)18-12-17(8-9-22-18)15-4-6-16(7-5-15)19(21)26/h4-9,12-14H,3,10-11H2,1-2H3,(H2,21,26). The van der Waals surface area contributed by atoms with Gasteiger partial charge < -0.3 is 15.0 Å². The van der Waals surface area contributed by atoms with Crippen LogP contribution in [-0.2, 0) is 11.3 Å². The summed E-state index contributed by atoms with van der Waals surface area (Å²) in [5.74, 6) is 0.443. The van der Waals surface area contributed by atoms with E-state index in [1.807, 2.05) is 28.8 Å². The molecule has 0 saturated heterocycles. The minimum absolute atomic E-state index is 0.000104. The van der Waals surface area contributed by atoms with Crippen molar-refractivity contribution in [2.75, 3.05) is 13.7 Å². The molecule has 1 amide bonds. The number of benzene rings is 1. The molecular weight excluding hydrogens is 342 g/mol. The van der Waals surface area contributed by atoms with Crippen LogP contribution >= 0.6 is 0 Å². The summed E-state index contributed by atoms with van der Waals surface area (Å²) in [5, 5.41) is 8.34. The molecule has 3 rings (SSSR count). The van der Waals surface area contributed by atoms with Gasteiger partial charge in [0.25, 0.3) is 0 Å². The topological polar surface area (TPSA) is 95.9 Å². The van der Waals surface area contributed by atoms with Crippen LogP contribution in [-0.4, -0.2) is 39.4 Å². The minimum Gasteiger partial charge on any atom is -0.385 e. The van der Waals surface area contributed by atoms with Crippen LogP contribution in [0.25, 0.3) is 11.1 Å². The van der Waals surface area contributed by atoms with Gasteiger partial charge in [0.2, 0.25) is 5.91 Å². The fourth-order valence-corrected chi connectivity index (χ4v) is 2.97. The Morgan fingerprint density at radius 2 is 2.00 bits per heavy atom. The number of amides is 1. The maximum absolute atomic E-state index is 11.2. The molecule has 2 aromatic heterocycles. The maximum atomic E-state index is 11.2. The first-order valence-corrected chi connectivity index (χ1v) is 8.83. The number of nitrogens with zero attached hydrogens (tertiary/aromatic N) is 4. The number of rotatable bonds is 8. The van der Waals surface area contributed by atoms with Gasteiger partial charge in [-0.2, -0.15) is 0 Å². The summed E-state index contributed by atoms with van der Waals surface area (Å²) in [7, 11) is 1.70. The lowest BCUT2D eigenvalue weighted by molar-refractivity contribution is 0.100. The quantitative estimate of drug-likeness (QED) is 0.619. The summed E-state index contributed by atoms with van der Waals surface area (Å²) >= 11 is 0. The molecule has 2 heterocycles. The van der Waals surface area contributed by atoms with Crippen LogP contribution in [0.2, 0.25) is 0 Å². The lowest BCUT2D eigenvalue weighted by Crippen LogP contribution is -2.10. The Morgan fingerprint density at radius 1 is 1.22 bits per heavy atom. The highest BCUT2D eigenvalue weighted by Gasteiger charge is 2.17. The van der Waals surface area contributed by atoms with Gasteiger partial charge in [-0.05, 0) is 48.7 Å². The fraction of sp³-hybridized carbons (Fsp3) is 0.300. The van der Waals surface area contributed by atoms with E-state index in [1.165, 1.54) is 0 Å². The van der Waals surface area contributed by atoms with Crippen molar-refractivity contribution in [2.45, 2.75) is 25.8 Å². The summed E-state index contributed by atoms with van der Waals surface area (Å²) in [6, 6.07) is 11.2. The van der Waals surface area contributed by atoms with Crippen molar-refractivity contribution in [2.24, 2.45) is 5.73 Å². The van der Waals surface area contributed by atoms with Crippen LogP contribution in [0.4, 0.5) is 0 Å². The number of aromatic nitrogens is 4. The van der Waals surface area contributed by atoms with Gasteiger partial charge in [0.1, 0.15) is 12.2 Å². The Labute approximate surface area is 158 Å². The third-order valence-electron chi connectivity index (χ3n) is 4.51. The molecule has 0 aliphatic heterocycles. The van der Waals surface area contributed by atoms with Gasteiger partial charge in [0.15, 0.2) is 0 Å². The van der Waals surface area contributed by atoms with E-state index in [1.54, 1.807) is 31.8 Å². The van der Waals surface area contributed by atoms with Crippen molar-refractivity contribution in [1.82, 2.24) is 19.7 Å². The third kappa shape index (κ3) is 4.38. The molecule has 140 valence electrons. The number of pyridine rings is 1. The number of carbonyl (C=O) groups excluding carboxylic acids is 1. The predicted octanol–water partition coefficient (Wildman–Crippen LogP) is 2.63. The summed E-state index contributed by atoms with van der Waals surface area (Å²) in [6.07, 6.45) is 4.43. The van der Waals surface area contributed by atoms with Crippen LogP contribution in [0.5, 0.6) is 0 Å². The molecule has 7 heteroatoms. The minimum atomic E-state index is -0.432. The highest BCUT2D eigenvalue weighted by molar-refractivity contribution is 5.93. The average molecular weight is 365 g/mol. The Balaban J connectivity index is 1.83. The molecule has 3 aromatic rings. The zero-order valence-electron chi connectivity index (χ0n) is 15.5. The van der Waals surface area contributed by atoms with Crippen molar-refractivity contribution in [3.63, 3.8) is 0 Å².